The maximum Gasteiger partial charge on any atom is 0.120 e. The van der Waals surface area contributed by atoms with E-state index < -0.39 is 5.60 Å². The van der Waals surface area contributed by atoms with E-state index >= 15 is 0 Å². The summed E-state index contributed by atoms with van der Waals surface area (Å²) in [6.07, 6.45) is 0.592. The number of halogens is 1. The molecule has 0 spiro atoms. The van der Waals surface area contributed by atoms with E-state index in [1.807, 2.05) is 26.0 Å². The maximum absolute atomic E-state index is 9.91. The van der Waals surface area contributed by atoms with Crippen LogP contribution in [0, 0.1) is 0 Å². The summed E-state index contributed by atoms with van der Waals surface area (Å²) in [5.41, 5.74) is -0.149. The molecule has 90 valence electrons. The van der Waals surface area contributed by atoms with Crippen molar-refractivity contribution >= 4 is 15.9 Å². The topological polar surface area (TPSA) is 40.5 Å². The highest BCUT2D eigenvalue weighted by atomic mass is 79.9. The number of aromatic hydroxyl groups is 1. The Kier molecular flexibility index (Phi) is 3.70. The first-order valence-electron chi connectivity index (χ1n) is 5.33. The molecule has 16 heavy (non-hydrogen) atoms. The van der Waals surface area contributed by atoms with E-state index in [1.165, 1.54) is 0 Å². The van der Waals surface area contributed by atoms with Crippen molar-refractivity contribution in [2.75, 3.05) is 0 Å². The molecular weight excluding hydrogens is 268 g/mol. The van der Waals surface area contributed by atoms with Gasteiger partial charge in [0, 0.05) is 4.47 Å². The Labute approximate surface area is 105 Å². The molecule has 1 aromatic carbocycles. The van der Waals surface area contributed by atoms with E-state index in [-0.39, 0.29) is 11.2 Å². The largest absolute Gasteiger partial charge is 0.508 e. The smallest absolute Gasteiger partial charge is 0.120 e. The van der Waals surface area contributed by atoms with Crippen LogP contribution in [-0.4, -0.2) is 15.8 Å². The van der Waals surface area contributed by atoms with Crippen molar-refractivity contribution in [3.63, 3.8) is 0 Å². The van der Waals surface area contributed by atoms with Crippen LogP contribution in [0.25, 0.3) is 0 Å². The zero-order chi connectivity index (χ0) is 12.6. The van der Waals surface area contributed by atoms with E-state index in [4.69, 9.17) is 0 Å². The van der Waals surface area contributed by atoms with Crippen LogP contribution in [0.15, 0.2) is 22.7 Å². The Morgan fingerprint density at radius 3 is 2.19 bits per heavy atom. The highest BCUT2D eigenvalue weighted by molar-refractivity contribution is 9.10. The second kappa shape index (κ2) is 4.38. The summed E-state index contributed by atoms with van der Waals surface area (Å²) in [4.78, 5) is 0. The average molecular weight is 287 g/mol. The minimum absolute atomic E-state index is 0.261. The third kappa shape index (κ3) is 3.49. The summed E-state index contributed by atoms with van der Waals surface area (Å²) in [5.74, 6) is 0.267. The molecule has 0 bridgehead atoms. The van der Waals surface area contributed by atoms with Crippen LogP contribution in [-0.2, 0) is 5.41 Å². The standard InChI is InChI=1S/C13H19BrO2/c1-12(2,8-13(3,4)16)10-6-5-9(14)7-11(10)15/h5-7,15-16H,8H2,1-4H3. The third-order valence-corrected chi connectivity index (χ3v) is 3.06. The molecule has 0 heterocycles. The Morgan fingerprint density at radius 2 is 1.75 bits per heavy atom. The Morgan fingerprint density at radius 1 is 1.19 bits per heavy atom. The molecule has 0 aliphatic heterocycles. The number of phenolic OH excluding ortho intramolecular Hbond substituents is 1. The lowest BCUT2D eigenvalue weighted by Crippen LogP contribution is -2.31. The van der Waals surface area contributed by atoms with Crippen LogP contribution in [0.4, 0.5) is 0 Å². The van der Waals surface area contributed by atoms with Crippen LogP contribution < -0.4 is 0 Å². The van der Waals surface area contributed by atoms with Gasteiger partial charge in [0.2, 0.25) is 0 Å². The van der Waals surface area contributed by atoms with Crippen molar-refractivity contribution in [3.05, 3.63) is 28.2 Å². The molecule has 3 heteroatoms. The number of hydrogen-bond acceptors (Lipinski definition) is 2. The van der Waals surface area contributed by atoms with Gasteiger partial charge in [-0.3, -0.25) is 0 Å². The summed E-state index contributed by atoms with van der Waals surface area (Å²) >= 11 is 3.32. The lowest BCUT2D eigenvalue weighted by atomic mass is 9.76. The van der Waals surface area contributed by atoms with Crippen LogP contribution in [0.1, 0.15) is 39.7 Å². The monoisotopic (exact) mass is 286 g/mol. The fourth-order valence-electron chi connectivity index (χ4n) is 2.25. The van der Waals surface area contributed by atoms with Crippen LogP contribution >= 0.6 is 15.9 Å². The molecule has 0 aliphatic carbocycles. The molecule has 2 N–H and O–H groups in total. The predicted octanol–water partition coefficient (Wildman–Crippen LogP) is 3.59. The molecule has 0 aliphatic rings. The first kappa shape index (κ1) is 13.5. The SMILES string of the molecule is CC(C)(O)CC(C)(C)c1ccc(Br)cc1O. The minimum atomic E-state index is -0.747. The number of benzene rings is 1. The number of aliphatic hydroxyl groups is 1. The summed E-state index contributed by atoms with van der Waals surface area (Å²) in [6, 6.07) is 5.48. The highest BCUT2D eigenvalue weighted by Gasteiger charge is 2.30. The lowest BCUT2D eigenvalue weighted by Gasteiger charge is -2.32. The van der Waals surface area contributed by atoms with Crippen molar-refractivity contribution < 1.29 is 10.2 Å². The lowest BCUT2D eigenvalue weighted by molar-refractivity contribution is 0.0497. The van der Waals surface area contributed by atoms with Crippen molar-refractivity contribution in [1.82, 2.24) is 0 Å². The summed E-state index contributed by atoms with van der Waals surface area (Å²) in [7, 11) is 0. The molecule has 0 unspecified atom stereocenters. The fraction of sp³-hybridized carbons (Fsp3) is 0.538. The summed E-state index contributed by atoms with van der Waals surface area (Å²) in [5, 5.41) is 19.8. The molecule has 0 atom stereocenters. The third-order valence-electron chi connectivity index (χ3n) is 2.56. The van der Waals surface area contributed by atoms with Gasteiger partial charge in [-0.25, -0.2) is 0 Å². The Bertz CT molecular complexity index is 378. The number of hydrogen-bond donors (Lipinski definition) is 2. The average Bonchev–Trinajstić information content (AvgIpc) is 1.97. The van der Waals surface area contributed by atoms with E-state index in [0.29, 0.717) is 6.42 Å². The number of rotatable bonds is 3. The molecule has 0 fully saturated rings. The van der Waals surface area contributed by atoms with Gasteiger partial charge in [-0.05, 0) is 43.4 Å². The molecule has 1 aromatic rings. The van der Waals surface area contributed by atoms with Crippen molar-refractivity contribution in [2.24, 2.45) is 0 Å². The van der Waals surface area contributed by atoms with Crippen molar-refractivity contribution in [3.8, 4) is 5.75 Å². The second-order valence-electron chi connectivity index (χ2n) is 5.53. The molecular formula is C13H19BrO2. The quantitative estimate of drug-likeness (QED) is 0.891. The van der Waals surface area contributed by atoms with Gasteiger partial charge >= 0.3 is 0 Å². The summed E-state index contributed by atoms with van der Waals surface area (Å²) < 4.78 is 0.854. The molecule has 0 saturated carbocycles. The van der Waals surface area contributed by atoms with Crippen LogP contribution in [0.3, 0.4) is 0 Å². The van der Waals surface area contributed by atoms with Gasteiger partial charge in [-0.1, -0.05) is 35.8 Å². The zero-order valence-corrected chi connectivity index (χ0v) is 11.8. The van der Waals surface area contributed by atoms with Crippen LogP contribution in [0.2, 0.25) is 0 Å². The molecule has 0 radical (unpaired) electrons. The maximum atomic E-state index is 9.91. The molecule has 0 amide bonds. The van der Waals surface area contributed by atoms with Crippen molar-refractivity contribution in [2.45, 2.75) is 45.1 Å². The molecule has 1 rings (SSSR count). The molecule has 0 saturated heterocycles. The second-order valence-corrected chi connectivity index (χ2v) is 6.45. The van der Waals surface area contributed by atoms with E-state index in [0.717, 1.165) is 10.0 Å². The molecule has 0 aromatic heterocycles. The van der Waals surface area contributed by atoms with Gasteiger partial charge in [-0.2, -0.15) is 0 Å². The van der Waals surface area contributed by atoms with Gasteiger partial charge in [0.1, 0.15) is 5.75 Å². The Balaban J connectivity index is 3.07. The van der Waals surface area contributed by atoms with Crippen LogP contribution in [0.5, 0.6) is 5.75 Å². The van der Waals surface area contributed by atoms with Gasteiger partial charge in [0.25, 0.3) is 0 Å². The Hall–Kier alpha value is -0.540. The first-order valence-corrected chi connectivity index (χ1v) is 6.12. The van der Waals surface area contributed by atoms with Gasteiger partial charge in [-0.15, -0.1) is 0 Å². The van der Waals surface area contributed by atoms with Gasteiger partial charge in [0.05, 0.1) is 5.60 Å². The van der Waals surface area contributed by atoms with Crippen molar-refractivity contribution in [1.29, 1.82) is 0 Å². The van der Waals surface area contributed by atoms with E-state index in [2.05, 4.69) is 15.9 Å². The van der Waals surface area contributed by atoms with Gasteiger partial charge in [0.15, 0.2) is 0 Å². The summed E-state index contributed by atoms with van der Waals surface area (Å²) in [6.45, 7) is 7.61. The van der Waals surface area contributed by atoms with E-state index in [9.17, 15) is 10.2 Å². The van der Waals surface area contributed by atoms with Gasteiger partial charge < -0.3 is 10.2 Å². The predicted molar refractivity (Wildman–Crippen MR) is 69.7 cm³/mol. The molecule has 2 nitrogen and oxygen atoms in total. The number of phenols is 1. The normalized spacial score (nSPS) is 12.9. The zero-order valence-electron chi connectivity index (χ0n) is 10.2. The minimum Gasteiger partial charge on any atom is -0.508 e. The fourth-order valence-corrected chi connectivity index (χ4v) is 2.60. The van der Waals surface area contributed by atoms with E-state index in [1.54, 1.807) is 19.9 Å². The highest BCUT2D eigenvalue weighted by Crippen LogP contribution is 2.38. The first-order chi connectivity index (χ1) is 7.12.